The molecule has 0 aliphatic carbocycles. The number of fused-ring (bicyclic) bond motifs is 1. The molecule has 0 amide bonds. The van der Waals surface area contributed by atoms with Crippen LogP contribution < -0.4 is 0 Å². The van der Waals surface area contributed by atoms with Crippen molar-refractivity contribution in [3.63, 3.8) is 0 Å². The average molecular weight is 240 g/mol. The highest BCUT2D eigenvalue weighted by atomic mass is 16.4. The number of benzene rings is 2. The van der Waals surface area contributed by atoms with E-state index in [4.69, 9.17) is 16.6 Å². The Kier molecular flexibility index (Phi) is 2.74. The van der Waals surface area contributed by atoms with Crippen LogP contribution in [0, 0.1) is 12.3 Å². The van der Waals surface area contributed by atoms with Gasteiger partial charge < -0.3 is 10.2 Å². The summed E-state index contributed by atoms with van der Waals surface area (Å²) >= 11 is 0. The fraction of sp³-hybridized carbons (Fsp3) is 0. The van der Waals surface area contributed by atoms with Crippen LogP contribution in [0.3, 0.4) is 0 Å². The van der Waals surface area contributed by atoms with E-state index in [1.165, 1.54) is 24.3 Å². The molecule has 0 aliphatic heterocycles. The second-order valence-corrected chi connectivity index (χ2v) is 3.71. The lowest BCUT2D eigenvalue weighted by Crippen LogP contribution is -2.00. The van der Waals surface area contributed by atoms with Gasteiger partial charge in [0.2, 0.25) is 0 Å². The Morgan fingerprint density at radius 3 is 2.33 bits per heavy atom. The van der Waals surface area contributed by atoms with Crippen molar-refractivity contribution < 1.29 is 19.8 Å². The van der Waals surface area contributed by atoms with Gasteiger partial charge in [-0.05, 0) is 35.0 Å². The zero-order valence-corrected chi connectivity index (χ0v) is 9.18. The topological polar surface area (TPSA) is 74.6 Å². The molecule has 2 rings (SSSR count). The first kappa shape index (κ1) is 11.7. The van der Waals surface area contributed by atoms with Gasteiger partial charge in [0, 0.05) is 5.56 Å². The predicted octanol–water partition coefficient (Wildman–Crippen LogP) is 2.22. The summed E-state index contributed by atoms with van der Waals surface area (Å²) in [4.78, 5) is 22.0. The third-order valence-corrected chi connectivity index (χ3v) is 2.60. The van der Waals surface area contributed by atoms with E-state index in [1.54, 1.807) is 6.07 Å². The average Bonchev–Trinajstić information content (AvgIpc) is 2.36. The molecular weight excluding hydrogens is 232 g/mol. The van der Waals surface area contributed by atoms with Crippen molar-refractivity contribution in [3.8, 4) is 12.3 Å². The Labute approximate surface area is 102 Å². The molecule has 0 atom stereocenters. The molecule has 2 aromatic carbocycles. The zero-order chi connectivity index (χ0) is 13.3. The summed E-state index contributed by atoms with van der Waals surface area (Å²) in [5, 5.41) is 19.0. The summed E-state index contributed by atoms with van der Waals surface area (Å²) in [5.41, 5.74) is 0.563. The van der Waals surface area contributed by atoms with Crippen molar-refractivity contribution in [2.75, 3.05) is 0 Å². The van der Waals surface area contributed by atoms with Crippen LogP contribution in [0.5, 0.6) is 0 Å². The summed E-state index contributed by atoms with van der Waals surface area (Å²) in [5.74, 6) is 0.186. The third kappa shape index (κ3) is 1.89. The van der Waals surface area contributed by atoms with Crippen LogP contribution >= 0.6 is 0 Å². The van der Waals surface area contributed by atoms with E-state index in [-0.39, 0.29) is 11.1 Å². The quantitative estimate of drug-likeness (QED) is 0.789. The maximum atomic E-state index is 11.1. The van der Waals surface area contributed by atoms with Crippen LogP contribution in [0.1, 0.15) is 26.3 Å². The van der Waals surface area contributed by atoms with Gasteiger partial charge in [-0.3, -0.25) is 0 Å². The number of aromatic carboxylic acids is 2. The summed E-state index contributed by atoms with van der Waals surface area (Å²) in [7, 11) is 0. The van der Waals surface area contributed by atoms with Gasteiger partial charge in [0.05, 0.1) is 11.1 Å². The van der Waals surface area contributed by atoms with E-state index in [1.807, 2.05) is 0 Å². The molecule has 0 saturated heterocycles. The predicted molar refractivity (Wildman–Crippen MR) is 65.8 cm³/mol. The number of terminal acetylenes is 1. The van der Waals surface area contributed by atoms with Crippen molar-refractivity contribution in [1.82, 2.24) is 0 Å². The van der Waals surface area contributed by atoms with Crippen LogP contribution in [0.4, 0.5) is 0 Å². The molecule has 18 heavy (non-hydrogen) atoms. The van der Waals surface area contributed by atoms with Crippen LogP contribution in [0.2, 0.25) is 0 Å². The minimum Gasteiger partial charge on any atom is -0.478 e. The Morgan fingerprint density at radius 2 is 1.78 bits per heavy atom. The van der Waals surface area contributed by atoms with Crippen molar-refractivity contribution in [2.45, 2.75) is 0 Å². The van der Waals surface area contributed by atoms with Crippen LogP contribution in [0.15, 0.2) is 30.3 Å². The molecule has 88 valence electrons. The maximum absolute atomic E-state index is 11.1. The standard InChI is InChI=1S/C14H8O4/c1-2-8-5-10-7-9(13(15)16)3-4-11(10)12(6-8)14(17)18/h1,3-7H,(H,15,16)(H,17,18). The Balaban J connectivity index is 2.83. The Hall–Kier alpha value is -2.80. The molecule has 0 bridgehead atoms. The smallest absolute Gasteiger partial charge is 0.336 e. The van der Waals surface area contributed by atoms with Gasteiger partial charge in [-0.2, -0.15) is 0 Å². The van der Waals surface area contributed by atoms with Gasteiger partial charge in [0.15, 0.2) is 0 Å². The number of carboxylic acids is 2. The number of carbonyl (C=O) groups is 2. The molecule has 0 radical (unpaired) electrons. The highest BCUT2D eigenvalue weighted by Gasteiger charge is 2.12. The monoisotopic (exact) mass is 240 g/mol. The lowest BCUT2D eigenvalue weighted by Gasteiger charge is -2.05. The van der Waals surface area contributed by atoms with Crippen molar-refractivity contribution in [1.29, 1.82) is 0 Å². The van der Waals surface area contributed by atoms with Gasteiger partial charge in [0.1, 0.15) is 0 Å². The van der Waals surface area contributed by atoms with E-state index in [2.05, 4.69) is 5.92 Å². The molecule has 4 heteroatoms. The van der Waals surface area contributed by atoms with Crippen LogP contribution in [-0.4, -0.2) is 22.2 Å². The van der Waals surface area contributed by atoms with Crippen LogP contribution in [-0.2, 0) is 0 Å². The summed E-state index contributed by atoms with van der Waals surface area (Å²) in [6.07, 6.45) is 5.25. The lowest BCUT2D eigenvalue weighted by atomic mass is 9.99. The molecule has 2 aromatic rings. The van der Waals surface area contributed by atoms with E-state index in [0.717, 1.165) is 0 Å². The minimum atomic E-state index is -1.10. The number of hydrogen-bond donors (Lipinski definition) is 2. The molecule has 0 aliphatic rings. The number of rotatable bonds is 2. The van der Waals surface area contributed by atoms with E-state index >= 15 is 0 Å². The molecule has 4 nitrogen and oxygen atoms in total. The molecule has 0 saturated carbocycles. The number of hydrogen-bond acceptors (Lipinski definition) is 2. The fourth-order valence-electron chi connectivity index (χ4n) is 1.76. The SMILES string of the molecule is C#Cc1cc(C(=O)O)c2ccc(C(=O)O)cc2c1. The lowest BCUT2D eigenvalue weighted by molar-refractivity contribution is 0.0688. The molecule has 0 unspecified atom stereocenters. The van der Waals surface area contributed by atoms with Crippen molar-refractivity contribution in [2.24, 2.45) is 0 Å². The number of carboxylic acid groups (broad SMARTS) is 2. The minimum absolute atomic E-state index is 0.0670. The first-order valence-electron chi connectivity index (χ1n) is 5.04. The first-order valence-corrected chi connectivity index (χ1v) is 5.04. The third-order valence-electron chi connectivity index (χ3n) is 2.60. The fourth-order valence-corrected chi connectivity index (χ4v) is 1.76. The molecule has 0 fully saturated rings. The summed E-state index contributed by atoms with van der Waals surface area (Å²) < 4.78 is 0. The Morgan fingerprint density at radius 1 is 1.06 bits per heavy atom. The Bertz CT molecular complexity index is 708. The second kappa shape index (κ2) is 4.22. The molecule has 2 N–H and O–H groups in total. The molecule has 0 heterocycles. The maximum Gasteiger partial charge on any atom is 0.336 e. The first-order chi connectivity index (χ1) is 8.52. The highest BCUT2D eigenvalue weighted by Crippen LogP contribution is 2.22. The summed E-state index contributed by atoms with van der Waals surface area (Å²) in [6, 6.07) is 7.24. The molecule has 0 aromatic heterocycles. The van der Waals surface area contributed by atoms with Gasteiger partial charge in [0.25, 0.3) is 0 Å². The highest BCUT2D eigenvalue weighted by molar-refractivity contribution is 6.06. The van der Waals surface area contributed by atoms with Gasteiger partial charge >= 0.3 is 11.9 Å². The largest absolute Gasteiger partial charge is 0.478 e. The van der Waals surface area contributed by atoms with Crippen LogP contribution in [0.25, 0.3) is 10.8 Å². The second-order valence-electron chi connectivity index (χ2n) is 3.71. The normalized spacial score (nSPS) is 9.94. The van der Waals surface area contributed by atoms with E-state index < -0.39 is 11.9 Å². The van der Waals surface area contributed by atoms with Gasteiger partial charge in [-0.25, -0.2) is 9.59 Å². The molecular formula is C14H8O4. The molecule has 0 spiro atoms. The summed E-state index contributed by atoms with van der Waals surface area (Å²) in [6.45, 7) is 0. The van der Waals surface area contributed by atoms with Gasteiger partial charge in [-0.15, -0.1) is 6.42 Å². The van der Waals surface area contributed by atoms with Crippen molar-refractivity contribution in [3.05, 3.63) is 47.0 Å². The van der Waals surface area contributed by atoms with Gasteiger partial charge in [-0.1, -0.05) is 12.0 Å². The van der Waals surface area contributed by atoms with E-state index in [9.17, 15) is 9.59 Å². The van der Waals surface area contributed by atoms with Crippen molar-refractivity contribution >= 4 is 22.7 Å². The zero-order valence-electron chi connectivity index (χ0n) is 9.18. The van der Waals surface area contributed by atoms with E-state index in [0.29, 0.717) is 16.3 Å².